The number of nitrogens with one attached hydrogen (secondary N) is 1. The zero-order chi connectivity index (χ0) is 12.7. The van der Waals surface area contributed by atoms with Crippen LogP contribution in [0, 0.1) is 6.92 Å². The van der Waals surface area contributed by atoms with Crippen molar-refractivity contribution in [3.05, 3.63) is 17.0 Å². The lowest BCUT2D eigenvalue weighted by molar-refractivity contribution is 0.562. The van der Waals surface area contributed by atoms with E-state index in [1.807, 2.05) is 13.0 Å². The highest BCUT2D eigenvalue weighted by atomic mass is 35.5. The van der Waals surface area contributed by atoms with Crippen LogP contribution in [0.25, 0.3) is 0 Å². The maximum atomic E-state index is 5.85. The molecule has 0 amide bonds. The lowest BCUT2D eigenvalue weighted by Crippen LogP contribution is -2.20. The third-order valence-corrected chi connectivity index (χ3v) is 2.89. The number of unbranched alkanes of at least 4 members (excludes halogenated alkanes) is 1. The predicted molar refractivity (Wildman–Crippen MR) is 73.6 cm³/mol. The van der Waals surface area contributed by atoms with Gasteiger partial charge in [-0.15, -0.1) is 0 Å². The first kappa shape index (κ1) is 14.2. The maximum Gasteiger partial charge on any atom is 0.224 e. The summed E-state index contributed by atoms with van der Waals surface area (Å²) in [5.41, 5.74) is 0.901. The quantitative estimate of drug-likeness (QED) is 0.742. The van der Waals surface area contributed by atoms with Crippen molar-refractivity contribution in [2.24, 2.45) is 0 Å². The van der Waals surface area contributed by atoms with Gasteiger partial charge in [-0.25, -0.2) is 9.97 Å². The molecule has 1 N–H and O–H groups in total. The molecule has 17 heavy (non-hydrogen) atoms. The van der Waals surface area contributed by atoms with Gasteiger partial charge in [0.25, 0.3) is 0 Å². The van der Waals surface area contributed by atoms with Crippen LogP contribution in [0.1, 0.15) is 51.6 Å². The number of aryl methyl sites for hydroxylation is 1. The summed E-state index contributed by atoms with van der Waals surface area (Å²) in [7, 11) is 0. The van der Waals surface area contributed by atoms with Crippen LogP contribution in [0.5, 0.6) is 0 Å². The lowest BCUT2D eigenvalue weighted by atomic mass is 10.1. The molecular formula is C13H22ClN3. The average Bonchev–Trinajstić information content (AvgIpc) is 2.24. The highest BCUT2D eigenvalue weighted by molar-refractivity contribution is 6.28. The monoisotopic (exact) mass is 255 g/mol. The van der Waals surface area contributed by atoms with Crippen molar-refractivity contribution in [1.82, 2.24) is 9.97 Å². The second-order valence-corrected chi connectivity index (χ2v) is 4.77. The van der Waals surface area contributed by atoms with Gasteiger partial charge in [-0.3, -0.25) is 0 Å². The Morgan fingerprint density at radius 1 is 1.24 bits per heavy atom. The number of hydrogen-bond acceptors (Lipinski definition) is 3. The summed E-state index contributed by atoms with van der Waals surface area (Å²) in [6.07, 6.45) is 6.01. The van der Waals surface area contributed by atoms with Gasteiger partial charge in [0.15, 0.2) is 0 Å². The number of rotatable bonds is 7. The highest BCUT2D eigenvalue weighted by Gasteiger charge is 2.08. The Labute approximate surface area is 109 Å². The minimum atomic E-state index is 0.318. The van der Waals surface area contributed by atoms with Gasteiger partial charge in [0, 0.05) is 17.8 Å². The number of aromatic nitrogens is 2. The molecular weight excluding hydrogens is 234 g/mol. The number of halogens is 1. The molecule has 1 heterocycles. The molecule has 0 aliphatic carbocycles. The molecule has 0 aliphatic heterocycles. The summed E-state index contributed by atoms with van der Waals surface area (Å²) in [6, 6.07) is 2.44. The Hall–Kier alpha value is -0.830. The molecule has 1 aromatic rings. The van der Waals surface area contributed by atoms with Crippen molar-refractivity contribution in [3.8, 4) is 0 Å². The van der Waals surface area contributed by atoms with E-state index in [0.717, 1.165) is 11.5 Å². The summed E-state index contributed by atoms with van der Waals surface area (Å²) in [5, 5.41) is 3.78. The van der Waals surface area contributed by atoms with Gasteiger partial charge < -0.3 is 5.32 Å². The van der Waals surface area contributed by atoms with Gasteiger partial charge in [0.2, 0.25) is 5.28 Å². The molecule has 4 heteroatoms. The van der Waals surface area contributed by atoms with E-state index < -0.39 is 0 Å². The van der Waals surface area contributed by atoms with Gasteiger partial charge in [0.1, 0.15) is 5.82 Å². The smallest absolute Gasteiger partial charge is 0.224 e. The Morgan fingerprint density at radius 3 is 2.59 bits per heavy atom. The largest absolute Gasteiger partial charge is 0.367 e. The van der Waals surface area contributed by atoms with Crippen molar-refractivity contribution in [2.75, 3.05) is 5.32 Å². The fourth-order valence-corrected chi connectivity index (χ4v) is 2.13. The van der Waals surface area contributed by atoms with Crippen LogP contribution in [0.4, 0.5) is 5.82 Å². The molecule has 0 fully saturated rings. The van der Waals surface area contributed by atoms with Crippen molar-refractivity contribution >= 4 is 17.4 Å². The molecule has 3 nitrogen and oxygen atoms in total. The van der Waals surface area contributed by atoms with Crippen molar-refractivity contribution in [2.45, 2.75) is 58.9 Å². The average molecular weight is 256 g/mol. The van der Waals surface area contributed by atoms with Crippen LogP contribution in [0.2, 0.25) is 5.28 Å². The van der Waals surface area contributed by atoms with Crippen molar-refractivity contribution in [3.63, 3.8) is 0 Å². The number of hydrogen-bond donors (Lipinski definition) is 1. The summed E-state index contributed by atoms with van der Waals surface area (Å²) < 4.78 is 0. The molecule has 0 aliphatic rings. The van der Waals surface area contributed by atoms with Crippen LogP contribution < -0.4 is 5.32 Å². The summed E-state index contributed by atoms with van der Waals surface area (Å²) >= 11 is 5.85. The van der Waals surface area contributed by atoms with Crippen molar-refractivity contribution < 1.29 is 0 Å². The van der Waals surface area contributed by atoms with E-state index in [4.69, 9.17) is 11.6 Å². The standard InChI is InChI=1S/C13H22ClN3/c1-4-6-8-11(7-5-2)16-12-9-10(3)15-13(14)17-12/h9,11H,4-8H2,1-3H3,(H,15,16,17). The molecule has 0 bridgehead atoms. The number of anilines is 1. The Morgan fingerprint density at radius 2 is 2.00 bits per heavy atom. The summed E-state index contributed by atoms with van der Waals surface area (Å²) in [4.78, 5) is 8.27. The van der Waals surface area contributed by atoms with Gasteiger partial charge in [0.05, 0.1) is 0 Å². The first-order valence-electron chi connectivity index (χ1n) is 6.43. The van der Waals surface area contributed by atoms with Crippen LogP contribution in [-0.4, -0.2) is 16.0 Å². The van der Waals surface area contributed by atoms with Gasteiger partial charge >= 0.3 is 0 Å². The topological polar surface area (TPSA) is 37.8 Å². The molecule has 0 spiro atoms. The molecule has 1 unspecified atom stereocenters. The van der Waals surface area contributed by atoms with E-state index in [9.17, 15) is 0 Å². The van der Waals surface area contributed by atoms with E-state index in [-0.39, 0.29) is 0 Å². The zero-order valence-corrected chi connectivity index (χ0v) is 11.7. The molecule has 0 radical (unpaired) electrons. The molecule has 1 rings (SSSR count). The predicted octanol–water partition coefficient (Wildman–Crippen LogP) is 4.21. The lowest BCUT2D eigenvalue weighted by Gasteiger charge is -2.18. The Kier molecular flexibility index (Phi) is 6.27. The Bertz CT molecular complexity index is 321. The van der Waals surface area contributed by atoms with Crippen LogP contribution >= 0.6 is 11.6 Å². The molecule has 0 saturated heterocycles. The van der Waals surface area contributed by atoms with Crippen LogP contribution in [0.3, 0.4) is 0 Å². The summed E-state index contributed by atoms with van der Waals surface area (Å²) in [5.74, 6) is 0.844. The van der Waals surface area contributed by atoms with Gasteiger partial charge in [-0.05, 0) is 31.4 Å². The van der Waals surface area contributed by atoms with Gasteiger partial charge in [-0.1, -0.05) is 33.1 Å². The first-order chi connectivity index (χ1) is 8.15. The van der Waals surface area contributed by atoms with Crippen LogP contribution in [-0.2, 0) is 0 Å². The minimum Gasteiger partial charge on any atom is -0.367 e. The third-order valence-electron chi connectivity index (χ3n) is 2.72. The molecule has 1 atom stereocenters. The fraction of sp³-hybridized carbons (Fsp3) is 0.692. The van der Waals surface area contributed by atoms with Crippen LogP contribution in [0.15, 0.2) is 6.07 Å². The third kappa shape index (κ3) is 5.35. The van der Waals surface area contributed by atoms with E-state index in [0.29, 0.717) is 11.3 Å². The van der Waals surface area contributed by atoms with E-state index >= 15 is 0 Å². The zero-order valence-electron chi connectivity index (χ0n) is 11.0. The van der Waals surface area contributed by atoms with E-state index in [2.05, 4.69) is 29.1 Å². The van der Waals surface area contributed by atoms with E-state index in [1.165, 1.54) is 32.1 Å². The van der Waals surface area contributed by atoms with Crippen molar-refractivity contribution in [1.29, 1.82) is 0 Å². The maximum absolute atomic E-state index is 5.85. The fourth-order valence-electron chi connectivity index (χ4n) is 1.90. The summed E-state index contributed by atoms with van der Waals surface area (Å²) in [6.45, 7) is 6.35. The Balaban J connectivity index is 2.63. The molecule has 0 aromatic carbocycles. The normalized spacial score (nSPS) is 12.5. The highest BCUT2D eigenvalue weighted by Crippen LogP contribution is 2.15. The SMILES string of the molecule is CCCCC(CCC)Nc1cc(C)nc(Cl)n1. The first-order valence-corrected chi connectivity index (χ1v) is 6.81. The molecule has 96 valence electrons. The second kappa shape index (κ2) is 7.49. The number of nitrogens with zero attached hydrogens (tertiary/aromatic N) is 2. The minimum absolute atomic E-state index is 0.318. The molecule has 1 aromatic heterocycles. The molecule has 0 saturated carbocycles. The van der Waals surface area contributed by atoms with E-state index in [1.54, 1.807) is 0 Å². The van der Waals surface area contributed by atoms with Gasteiger partial charge in [-0.2, -0.15) is 0 Å². The second-order valence-electron chi connectivity index (χ2n) is 4.44.